The summed E-state index contributed by atoms with van der Waals surface area (Å²) in [5, 5.41) is 0. The van der Waals surface area contributed by atoms with E-state index in [-0.39, 0.29) is 0 Å². The number of hydrogen-bond acceptors (Lipinski definition) is 5. The van der Waals surface area contributed by atoms with Gasteiger partial charge in [0.15, 0.2) is 0 Å². The first-order chi connectivity index (χ1) is 10.8. The quantitative estimate of drug-likeness (QED) is 0.811. The van der Waals surface area contributed by atoms with Gasteiger partial charge in [-0.1, -0.05) is 6.07 Å². The van der Waals surface area contributed by atoms with Crippen molar-refractivity contribution in [3.8, 4) is 11.6 Å². The topological polar surface area (TPSA) is 51.7 Å². The predicted molar refractivity (Wildman–Crippen MR) is 83.5 cm³/mol. The number of methoxy groups -OCH3 is 1. The van der Waals surface area contributed by atoms with Gasteiger partial charge in [-0.2, -0.15) is 0 Å². The number of hydrogen-bond donors (Lipinski definition) is 0. The Morgan fingerprint density at radius 3 is 2.77 bits per heavy atom. The standard InChI is InChI=1S/C17H18N2O3/c1-21-17(20)13-7-8-18-16(11-13)22-15-6-4-5-14(12-15)19-9-2-3-10-19/h4-8,11-12H,2-3,9-10H2,1H3. The number of anilines is 1. The molecule has 0 radical (unpaired) electrons. The number of esters is 1. The molecule has 0 spiro atoms. The highest BCUT2D eigenvalue weighted by Gasteiger charge is 2.13. The summed E-state index contributed by atoms with van der Waals surface area (Å²) in [6.45, 7) is 2.17. The van der Waals surface area contributed by atoms with Crippen molar-refractivity contribution in [2.75, 3.05) is 25.1 Å². The van der Waals surface area contributed by atoms with Gasteiger partial charge in [-0.3, -0.25) is 0 Å². The third-order valence-corrected chi connectivity index (χ3v) is 3.67. The van der Waals surface area contributed by atoms with Crippen LogP contribution in [0, 0.1) is 0 Å². The van der Waals surface area contributed by atoms with E-state index in [0.29, 0.717) is 17.2 Å². The molecule has 2 aromatic rings. The van der Waals surface area contributed by atoms with E-state index in [2.05, 4.69) is 16.0 Å². The molecule has 0 bridgehead atoms. The number of ether oxygens (including phenoxy) is 2. The molecule has 114 valence electrons. The maximum absolute atomic E-state index is 11.5. The SMILES string of the molecule is COC(=O)c1ccnc(Oc2cccc(N3CCCC3)c2)c1. The van der Waals surface area contributed by atoms with E-state index in [1.807, 2.05) is 18.2 Å². The largest absolute Gasteiger partial charge is 0.465 e. The highest BCUT2D eigenvalue weighted by atomic mass is 16.5. The first-order valence-corrected chi connectivity index (χ1v) is 7.33. The Labute approximate surface area is 129 Å². The van der Waals surface area contributed by atoms with Crippen LogP contribution >= 0.6 is 0 Å². The Morgan fingerprint density at radius 2 is 2.00 bits per heavy atom. The molecule has 2 heterocycles. The third kappa shape index (κ3) is 3.19. The fourth-order valence-electron chi connectivity index (χ4n) is 2.55. The molecule has 5 nitrogen and oxygen atoms in total. The Bertz CT molecular complexity index is 666. The predicted octanol–water partition coefficient (Wildman–Crippen LogP) is 3.26. The molecule has 0 unspecified atom stereocenters. The lowest BCUT2D eigenvalue weighted by atomic mass is 10.2. The molecule has 1 fully saturated rings. The number of rotatable bonds is 4. The summed E-state index contributed by atoms with van der Waals surface area (Å²) in [7, 11) is 1.35. The van der Waals surface area contributed by atoms with Crippen molar-refractivity contribution in [1.29, 1.82) is 0 Å². The summed E-state index contributed by atoms with van der Waals surface area (Å²) in [6, 6.07) is 11.1. The van der Waals surface area contributed by atoms with Gasteiger partial charge < -0.3 is 14.4 Å². The van der Waals surface area contributed by atoms with Crippen LogP contribution in [0.3, 0.4) is 0 Å². The molecule has 0 N–H and O–H groups in total. The minimum atomic E-state index is -0.405. The van der Waals surface area contributed by atoms with E-state index >= 15 is 0 Å². The van der Waals surface area contributed by atoms with Gasteiger partial charge in [0, 0.05) is 37.1 Å². The molecular weight excluding hydrogens is 280 g/mol. The van der Waals surface area contributed by atoms with Crippen LogP contribution < -0.4 is 9.64 Å². The molecule has 3 rings (SSSR count). The van der Waals surface area contributed by atoms with Gasteiger partial charge in [0.05, 0.1) is 12.7 Å². The van der Waals surface area contributed by atoms with Crippen molar-refractivity contribution in [3.05, 3.63) is 48.2 Å². The number of pyridine rings is 1. The Kier molecular flexibility index (Phi) is 4.23. The third-order valence-electron chi connectivity index (χ3n) is 3.67. The molecule has 1 aliphatic rings. The lowest BCUT2D eigenvalue weighted by Crippen LogP contribution is -2.17. The van der Waals surface area contributed by atoms with E-state index in [9.17, 15) is 4.79 Å². The van der Waals surface area contributed by atoms with E-state index in [1.54, 1.807) is 12.1 Å². The maximum atomic E-state index is 11.5. The second-order valence-corrected chi connectivity index (χ2v) is 5.17. The fourth-order valence-corrected chi connectivity index (χ4v) is 2.55. The minimum absolute atomic E-state index is 0.376. The zero-order valence-corrected chi connectivity index (χ0v) is 12.5. The van der Waals surface area contributed by atoms with Crippen LogP contribution in [0.1, 0.15) is 23.2 Å². The molecular formula is C17H18N2O3. The number of carbonyl (C=O) groups excluding carboxylic acids is 1. The van der Waals surface area contributed by atoms with Crippen molar-refractivity contribution in [3.63, 3.8) is 0 Å². The summed E-state index contributed by atoms with van der Waals surface area (Å²) in [4.78, 5) is 18.0. The molecule has 1 saturated heterocycles. The lowest BCUT2D eigenvalue weighted by molar-refractivity contribution is 0.0600. The molecule has 22 heavy (non-hydrogen) atoms. The van der Waals surface area contributed by atoms with Crippen LogP contribution in [0.25, 0.3) is 0 Å². The van der Waals surface area contributed by atoms with Crippen LogP contribution in [0.15, 0.2) is 42.6 Å². The molecule has 1 aromatic heterocycles. The van der Waals surface area contributed by atoms with Crippen LogP contribution in [0.5, 0.6) is 11.6 Å². The molecule has 0 atom stereocenters. The Balaban J connectivity index is 1.78. The molecule has 0 aliphatic carbocycles. The average molecular weight is 298 g/mol. The van der Waals surface area contributed by atoms with Gasteiger partial charge >= 0.3 is 5.97 Å². The number of benzene rings is 1. The van der Waals surface area contributed by atoms with Crippen LogP contribution in [0.2, 0.25) is 0 Å². The van der Waals surface area contributed by atoms with Gasteiger partial charge in [-0.25, -0.2) is 9.78 Å². The maximum Gasteiger partial charge on any atom is 0.338 e. The fraction of sp³-hybridized carbons (Fsp3) is 0.294. The van der Waals surface area contributed by atoms with Gasteiger partial charge in [-0.15, -0.1) is 0 Å². The van der Waals surface area contributed by atoms with Crippen molar-refractivity contribution in [2.45, 2.75) is 12.8 Å². The summed E-state index contributed by atoms with van der Waals surface area (Å²) in [5.41, 5.74) is 1.57. The minimum Gasteiger partial charge on any atom is -0.465 e. The summed E-state index contributed by atoms with van der Waals surface area (Å²) < 4.78 is 10.5. The van der Waals surface area contributed by atoms with E-state index in [4.69, 9.17) is 9.47 Å². The number of nitrogens with zero attached hydrogens (tertiary/aromatic N) is 2. The van der Waals surface area contributed by atoms with Gasteiger partial charge in [0.2, 0.25) is 5.88 Å². The zero-order chi connectivity index (χ0) is 15.4. The van der Waals surface area contributed by atoms with Crippen molar-refractivity contribution < 1.29 is 14.3 Å². The van der Waals surface area contributed by atoms with Crippen molar-refractivity contribution >= 4 is 11.7 Å². The molecule has 0 saturated carbocycles. The Morgan fingerprint density at radius 1 is 1.18 bits per heavy atom. The van der Waals surface area contributed by atoms with Crippen molar-refractivity contribution in [1.82, 2.24) is 4.98 Å². The first-order valence-electron chi connectivity index (χ1n) is 7.33. The lowest BCUT2D eigenvalue weighted by Gasteiger charge is -2.18. The summed E-state index contributed by atoms with van der Waals surface area (Å²) >= 11 is 0. The Hall–Kier alpha value is -2.56. The number of aromatic nitrogens is 1. The highest BCUT2D eigenvalue weighted by molar-refractivity contribution is 5.89. The monoisotopic (exact) mass is 298 g/mol. The second-order valence-electron chi connectivity index (χ2n) is 5.17. The molecule has 5 heteroatoms. The summed E-state index contributed by atoms with van der Waals surface area (Å²) in [6.07, 6.45) is 3.99. The average Bonchev–Trinajstić information content (AvgIpc) is 3.09. The molecule has 1 aliphatic heterocycles. The van der Waals surface area contributed by atoms with Gasteiger partial charge in [0.1, 0.15) is 5.75 Å². The van der Waals surface area contributed by atoms with E-state index in [1.165, 1.54) is 26.1 Å². The van der Waals surface area contributed by atoms with Gasteiger partial charge in [0.25, 0.3) is 0 Å². The normalized spacial score (nSPS) is 14.0. The molecule has 1 aromatic carbocycles. The van der Waals surface area contributed by atoms with Gasteiger partial charge in [-0.05, 0) is 31.0 Å². The van der Waals surface area contributed by atoms with E-state index in [0.717, 1.165) is 18.8 Å². The smallest absolute Gasteiger partial charge is 0.338 e. The second kappa shape index (κ2) is 6.47. The number of carbonyl (C=O) groups is 1. The van der Waals surface area contributed by atoms with Crippen LogP contribution in [0.4, 0.5) is 5.69 Å². The van der Waals surface area contributed by atoms with Crippen molar-refractivity contribution in [2.24, 2.45) is 0 Å². The van der Waals surface area contributed by atoms with E-state index < -0.39 is 5.97 Å². The first kappa shape index (κ1) is 14.4. The zero-order valence-electron chi connectivity index (χ0n) is 12.5. The van der Waals surface area contributed by atoms with Crippen LogP contribution in [-0.2, 0) is 4.74 Å². The van der Waals surface area contributed by atoms with Crippen LogP contribution in [-0.4, -0.2) is 31.2 Å². The highest BCUT2D eigenvalue weighted by Crippen LogP contribution is 2.27. The molecule has 0 amide bonds. The summed E-state index contributed by atoms with van der Waals surface area (Å²) in [5.74, 6) is 0.679.